The molecule has 3 N–H and O–H groups in total. The fourth-order valence-corrected chi connectivity index (χ4v) is 6.03. The van der Waals surface area contributed by atoms with Crippen LogP contribution in [0.25, 0.3) is 11.0 Å². The molecule has 1 aliphatic heterocycles. The van der Waals surface area contributed by atoms with Crippen LogP contribution in [0.3, 0.4) is 0 Å². The van der Waals surface area contributed by atoms with Crippen LogP contribution in [0.15, 0.2) is 36.4 Å². The van der Waals surface area contributed by atoms with Gasteiger partial charge in [-0.05, 0) is 66.3 Å². The fraction of sp³-hybridized carbons (Fsp3) is 0.531. The van der Waals surface area contributed by atoms with Crippen molar-refractivity contribution in [3.8, 4) is 0 Å². The normalized spacial score (nSPS) is 16.9. The quantitative estimate of drug-likeness (QED) is 0.285. The molecular formula is C32H42ClFN4O3. The number of carbonyl (C=O) groups is 2. The maximum absolute atomic E-state index is 14.2. The summed E-state index contributed by atoms with van der Waals surface area (Å²) >= 11 is 6.35. The molecule has 2 aromatic carbocycles. The maximum atomic E-state index is 14.2. The monoisotopic (exact) mass is 584 g/mol. The Bertz CT molecular complexity index is 1390. The molecule has 0 spiro atoms. The van der Waals surface area contributed by atoms with Gasteiger partial charge in [-0.2, -0.15) is 0 Å². The number of H-pyrrole nitrogens is 1. The Kier molecular flexibility index (Phi) is 9.44. The Morgan fingerprint density at radius 1 is 1.17 bits per heavy atom. The molecule has 3 aromatic rings. The molecule has 2 atom stereocenters. The van der Waals surface area contributed by atoms with E-state index in [1.807, 2.05) is 52.0 Å². The molecule has 1 unspecified atom stereocenters. The number of ether oxygens (including phenoxy) is 1. The van der Waals surface area contributed by atoms with E-state index in [-0.39, 0.29) is 28.7 Å². The molecule has 1 aromatic heterocycles. The number of carbonyl (C=O) groups excluding carboxylic acids is 2. The van der Waals surface area contributed by atoms with Gasteiger partial charge in [0.25, 0.3) is 0 Å². The first-order valence-electron chi connectivity index (χ1n) is 14.5. The summed E-state index contributed by atoms with van der Waals surface area (Å²) in [5, 5.41) is 6.11. The number of benzene rings is 2. The predicted octanol–water partition coefficient (Wildman–Crippen LogP) is 6.05. The van der Waals surface area contributed by atoms with Gasteiger partial charge in [-0.3, -0.25) is 9.59 Å². The molecule has 0 bridgehead atoms. The highest BCUT2D eigenvalue weighted by molar-refractivity contribution is 6.31. The molecule has 4 rings (SSSR count). The van der Waals surface area contributed by atoms with E-state index in [0.29, 0.717) is 39.0 Å². The number of imidazole rings is 1. The largest absolute Gasteiger partial charge is 0.381 e. The molecule has 2 amide bonds. The van der Waals surface area contributed by atoms with Crippen LogP contribution in [0.2, 0.25) is 5.02 Å². The van der Waals surface area contributed by atoms with Crippen molar-refractivity contribution in [2.24, 2.45) is 11.3 Å². The smallest absolute Gasteiger partial charge is 0.243 e. The molecule has 1 aliphatic rings. The molecule has 0 aliphatic carbocycles. The molecule has 9 heteroatoms. The lowest BCUT2D eigenvalue weighted by molar-refractivity contribution is -0.137. The van der Waals surface area contributed by atoms with E-state index < -0.39 is 22.7 Å². The van der Waals surface area contributed by atoms with Gasteiger partial charge >= 0.3 is 0 Å². The number of halogens is 2. The second-order valence-corrected chi connectivity index (χ2v) is 12.9. The minimum Gasteiger partial charge on any atom is -0.381 e. The number of likely N-dealkylation sites (N-methyl/N-ethyl adjacent to an activating group) is 1. The van der Waals surface area contributed by atoms with Gasteiger partial charge in [-0.1, -0.05) is 64.4 Å². The van der Waals surface area contributed by atoms with Gasteiger partial charge in [0, 0.05) is 26.2 Å². The van der Waals surface area contributed by atoms with Crippen LogP contribution < -0.4 is 10.6 Å². The summed E-state index contributed by atoms with van der Waals surface area (Å²) in [6.45, 7) is 13.3. The van der Waals surface area contributed by atoms with E-state index in [9.17, 15) is 14.0 Å². The number of rotatable bonds is 9. The number of amides is 2. The lowest BCUT2D eigenvalue weighted by Gasteiger charge is -2.39. The summed E-state index contributed by atoms with van der Waals surface area (Å²) in [4.78, 5) is 35.2. The zero-order valence-electron chi connectivity index (χ0n) is 24.9. The summed E-state index contributed by atoms with van der Waals surface area (Å²) in [5.41, 5.74) is 1.91. The standard InChI is InChI=1S/C32H42ClFN4O3/c1-7-35-29(39)28(31(4,5)6)38-30(40)32(13-15-41-16-14-32)20-11-12-24-25(17-20)37-26(36-24)18-22(19(2)3)21-9-8-10-23(34)27(21)33/h8-12,17,19,22,28H,7,13-16,18H2,1-6H3,(H,35,39)(H,36,37)(H,38,40)/t22?,28-/m0/s1. The molecule has 41 heavy (non-hydrogen) atoms. The van der Waals surface area contributed by atoms with Gasteiger partial charge in [-0.15, -0.1) is 0 Å². The van der Waals surface area contributed by atoms with Crippen molar-refractivity contribution in [2.45, 2.75) is 78.2 Å². The Balaban J connectivity index is 1.67. The van der Waals surface area contributed by atoms with E-state index >= 15 is 0 Å². The molecule has 222 valence electrons. The van der Waals surface area contributed by atoms with E-state index in [4.69, 9.17) is 21.3 Å². The minimum absolute atomic E-state index is 0.0329. The summed E-state index contributed by atoms with van der Waals surface area (Å²) < 4.78 is 19.9. The highest BCUT2D eigenvalue weighted by Crippen LogP contribution is 2.38. The Morgan fingerprint density at radius 3 is 2.51 bits per heavy atom. The summed E-state index contributed by atoms with van der Waals surface area (Å²) in [5.74, 6) is 0.145. The number of nitrogens with one attached hydrogen (secondary N) is 3. The van der Waals surface area contributed by atoms with Crippen molar-refractivity contribution in [3.63, 3.8) is 0 Å². The predicted molar refractivity (Wildman–Crippen MR) is 161 cm³/mol. The third-order valence-electron chi connectivity index (χ3n) is 8.22. The van der Waals surface area contributed by atoms with Crippen LogP contribution in [0.1, 0.15) is 77.3 Å². The lowest BCUT2D eigenvalue weighted by Crippen LogP contribution is -2.58. The van der Waals surface area contributed by atoms with Crippen LogP contribution in [0.4, 0.5) is 4.39 Å². The van der Waals surface area contributed by atoms with E-state index in [2.05, 4.69) is 29.5 Å². The average Bonchev–Trinajstić information content (AvgIpc) is 3.33. The van der Waals surface area contributed by atoms with Crippen molar-refractivity contribution < 1.29 is 18.7 Å². The first-order valence-corrected chi connectivity index (χ1v) is 14.8. The third-order valence-corrected chi connectivity index (χ3v) is 8.62. The summed E-state index contributed by atoms with van der Waals surface area (Å²) in [6.07, 6.45) is 1.57. The highest BCUT2D eigenvalue weighted by Gasteiger charge is 2.45. The van der Waals surface area contributed by atoms with Gasteiger partial charge < -0.3 is 20.4 Å². The van der Waals surface area contributed by atoms with E-state index in [0.717, 1.165) is 28.0 Å². The minimum atomic E-state index is -0.844. The van der Waals surface area contributed by atoms with Crippen molar-refractivity contribution in [3.05, 3.63) is 64.2 Å². The Labute approximate surface area is 247 Å². The molecule has 1 fully saturated rings. The van der Waals surface area contributed by atoms with Gasteiger partial charge in [0.2, 0.25) is 11.8 Å². The van der Waals surface area contributed by atoms with Crippen LogP contribution in [-0.2, 0) is 26.2 Å². The summed E-state index contributed by atoms with van der Waals surface area (Å²) in [6, 6.07) is 10.1. The van der Waals surface area contributed by atoms with Gasteiger partial charge in [-0.25, -0.2) is 9.37 Å². The molecular weight excluding hydrogens is 543 g/mol. The maximum Gasteiger partial charge on any atom is 0.243 e. The average molecular weight is 585 g/mol. The second kappa shape index (κ2) is 12.5. The number of nitrogens with zero attached hydrogens (tertiary/aromatic N) is 1. The number of hydrogen-bond acceptors (Lipinski definition) is 4. The van der Waals surface area contributed by atoms with Crippen LogP contribution >= 0.6 is 11.6 Å². The Hall–Kier alpha value is -2.97. The topological polar surface area (TPSA) is 96.1 Å². The number of fused-ring (bicyclic) bond motifs is 1. The second-order valence-electron chi connectivity index (χ2n) is 12.5. The zero-order chi connectivity index (χ0) is 29.9. The van der Waals surface area contributed by atoms with Crippen molar-refractivity contribution >= 4 is 34.4 Å². The number of hydrogen-bond donors (Lipinski definition) is 3. The molecule has 1 saturated heterocycles. The molecule has 0 saturated carbocycles. The van der Waals surface area contributed by atoms with Gasteiger partial charge in [0.05, 0.1) is 21.5 Å². The van der Waals surface area contributed by atoms with Crippen LogP contribution in [0, 0.1) is 17.2 Å². The van der Waals surface area contributed by atoms with Crippen molar-refractivity contribution in [1.82, 2.24) is 20.6 Å². The van der Waals surface area contributed by atoms with Crippen LogP contribution in [0.5, 0.6) is 0 Å². The lowest BCUT2D eigenvalue weighted by atomic mass is 9.72. The van der Waals surface area contributed by atoms with E-state index in [1.165, 1.54) is 6.07 Å². The first kappa shape index (κ1) is 31.0. The zero-order valence-corrected chi connectivity index (χ0v) is 25.6. The summed E-state index contributed by atoms with van der Waals surface area (Å²) in [7, 11) is 0. The van der Waals surface area contributed by atoms with Crippen molar-refractivity contribution in [2.75, 3.05) is 19.8 Å². The van der Waals surface area contributed by atoms with Gasteiger partial charge in [0.15, 0.2) is 0 Å². The SMILES string of the molecule is CCNC(=O)[C@H](NC(=O)C1(c2ccc3nc(CC(c4cccc(F)c4Cl)C(C)C)[nH]c3c2)CCOCC1)C(C)(C)C. The molecule has 2 heterocycles. The Morgan fingerprint density at radius 2 is 1.88 bits per heavy atom. The van der Waals surface area contributed by atoms with E-state index in [1.54, 1.807) is 6.07 Å². The number of aromatic nitrogens is 2. The van der Waals surface area contributed by atoms with Crippen molar-refractivity contribution in [1.29, 1.82) is 0 Å². The molecule has 7 nitrogen and oxygen atoms in total. The molecule has 0 radical (unpaired) electrons. The third kappa shape index (κ3) is 6.59. The van der Waals surface area contributed by atoms with Gasteiger partial charge in [0.1, 0.15) is 17.7 Å². The fourth-order valence-electron chi connectivity index (χ4n) is 5.76. The van der Waals surface area contributed by atoms with Crippen LogP contribution in [-0.4, -0.2) is 47.6 Å². The number of aromatic amines is 1. The highest BCUT2D eigenvalue weighted by atomic mass is 35.5. The first-order chi connectivity index (χ1) is 19.4.